The van der Waals surface area contributed by atoms with Gasteiger partial charge in [-0.15, -0.1) is 11.8 Å². The van der Waals surface area contributed by atoms with Crippen LogP contribution in [0.15, 0.2) is 125 Å². The van der Waals surface area contributed by atoms with Crippen LogP contribution in [0.2, 0.25) is 5.02 Å². The maximum absolute atomic E-state index is 13.4. The third-order valence-electron chi connectivity index (χ3n) is 9.95. The zero-order chi connectivity index (χ0) is 42.1. The lowest BCUT2D eigenvalue weighted by Crippen LogP contribution is -2.46. The average molecular weight is 857 g/mol. The van der Waals surface area contributed by atoms with Crippen molar-refractivity contribution in [3.63, 3.8) is 0 Å². The molecule has 1 atom stereocenters. The lowest BCUT2D eigenvalue weighted by Gasteiger charge is -2.36. The lowest BCUT2D eigenvalue weighted by atomic mass is 9.97. The summed E-state index contributed by atoms with van der Waals surface area (Å²) in [5, 5.41) is 25.7. The Bertz CT molecular complexity index is 2380. The van der Waals surface area contributed by atoms with Gasteiger partial charge >= 0.3 is 5.97 Å². The van der Waals surface area contributed by atoms with Crippen LogP contribution < -0.4 is 14.9 Å². The number of hydrogen-bond donors (Lipinski definition) is 3. The number of carboxylic acid groups (broad SMARTS) is 1. The molecule has 6 rings (SSSR count). The largest absolute Gasteiger partial charge is 0.478 e. The van der Waals surface area contributed by atoms with Crippen LogP contribution in [0.1, 0.15) is 32.7 Å². The maximum Gasteiger partial charge on any atom is 0.335 e. The number of sulfonamides is 1. The van der Waals surface area contributed by atoms with E-state index in [2.05, 4.69) is 19.8 Å². The zero-order valence-corrected chi connectivity index (χ0v) is 35.0. The van der Waals surface area contributed by atoms with E-state index in [-0.39, 0.29) is 22.9 Å². The number of rotatable bonds is 17. The second-order valence-corrected chi connectivity index (χ2v) is 17.6. The minimum absolute atomic E-state index is 0.108. The minimum Gasteiger partial charge on any atom is -0.478 e. The van der Waals surface area contributed by atoms with Gasteiger partial charge in [-0.1, -0.05) is 48.0 Å². The van der Waals surface area contributed by atoms with Crippen molar-refractivity contribution in [2.24, 2.45) is 0 Å². The van der Waals surface area contributed by atoms with Gasteiger partial charge in [0.15, 0.2) is 0 Å². The van der Waals surface area contributed by atoms with Crippen LogP contribution in [0.4, 0.5) is 17.1 Å². The molecule has 13 nitrogen and oxygen atoms in total. The fourth-order valence-corrected chi connectivity index (χ4v) is 8.85. The summed E-state index contributed by atoms with van der Waals surface area (Å²) in [7, 11) is -0.572. The molecule has 1 saturated heterocycles. The van der Waals surface area contributed by atoms with Crippen LogP contribution in [0, 0.1) is 10.1 Å². The number of aromatic carboxylic acids is 1. The molecule has 5 aromatic carbocycles. The molecule has 0 radical (unpaired) electrons. The number of nitro groups is 1. The first-order chi connectivity index (χ1) is 28.3. The van der Waals surface area contributed by atoms with Gasteiger partial charge in [-0.05, 0) is 117 Å². The number of nitro benzene ring substituents is 1. The molecule has 1 heterocycles. The Balaban J connectivity index is 1.07. The summed E-state index contributed by atoms with van der Waals surface area (Å²) >= 11 is 7.72. The van der Waals surface area contributed by atoms with E-state index in [0.717, 1.165) is 39.9 Å². The number of carbonyl (C=O) groups is 2. The Kier molecular flexibility index (Phi) is 14.3. The number of amides is 1. The summed E-state index contributed by atoms with van der Waals surface area (Å²) in [5.41, 5.74) is 3.72. The molecule has 0 saturated carbocycles. The van der Waals surface area contributed by atoms with Crippen molar-refractivity contribution in [3.05, 3.63) is 147 Å². The molecule has 1 unspecified atom stereocenters. The van der Waals surface area contributed by atoms with Gasteiger partial charge in [-0.25, -0.2) is 17.9 Å². The van der Waals surface area contributed by atoms with E-state index in [0.29, 0.717) is 49.9 Å². The van der Waals surface area contributed by atoms with Crippen molar-refractivity contribution in [1.29, 1.82) is 0 Å². The van der Waals surface area contributed by atoms with Gasteiger partial charge in [0.05, 0.1) is 15.4 Å². The molecule has 1 fully saturated rings. The number of halogens is 1. The van der Waals surface area contributed by atoms with Gasteiger partial charge in [-0.2, -0.15) is 0 Å². The first-order valence-electron chi connectivity index (χ1n) is 18.9. The van der Waals surface area contributed by atoms with E-state index >= 15 is 0 Å². The molecule has 0 aliphatic carbocycles. The van der Waals surface area contributed by atoms with Gasteiger partial charge in [0.2, 0.25) is 0 Å². The average Bonchev–Trinajstić information content (AvgIpc) is 3.22. The Morgan fingerprint density at radius 1 is 0.898 bits per heavy atom. The predicted molar refractivity (Wildman–Crippen MR) is 233 cm³/mol. The smallest absolute Gasteiger partial charge is 0.335 e. The van der Waals surface area contributed by atoms with Crippen LogP contribution in [0.5, 0.6) is 0 Å². The molecular weight excluding hydrogens is 812 g/mol. The predicted octanol–water partition coefficient (Wildman–Crippen LogP) is 7.58. The molecule has 1 amide bonds. The molecule has 1 aliphatic heterocycles. The Hall–Kier alpha value is -5.45. The summed E-state index contributed by atoms with van der Waals surface area (Å²) in [6.45, 7) is 4.01. The van der Waals surface area contributed by atoms with Crippen LogP contribution >= 0.6 is 23.4 Å². The highest BCUT2D eigenvalue weighted by Crippen LogP contribution is 2.31. The number of carbonyl (C=O) groups excluding carboxylic acids is 1. The normalized spacial score (nSPS) is 13.9. The molecular formula is C43H45ClN6O7S2. The van der Waals surface area contributed by atoms with Crippen molar-refractivity contribution in [2.75, 3.05) is 62.8 Å². The molecule has 1 aliphatic rings. The summed E-state index contributed by atoms with van der Waals surface area (Å²) in [6, 6.07) is 32.4. The highest BCUT2D eigenvalue weighted by Gasteiger charge is 2.26. The standard InChI is InChI=1S/C43H45ClN6O7S2/c1-47(2)21-20-35(29-58-37-6-4-3-5-7-37)45-40-19-17-38(27-41(40)50(54)55)59(56,57)46-42(51)31-10-15-36(16-11-31)49-24-22-48(23-25-49)28-33-26-32(43(52)53)12-18-39(33)30-8-13-34(44)14-9-30/h3-19,26-27,35,45H,20-25,28-29H2,1-2H3,(H,46,51)(H,52,53). The highest BCUT2D eigenvalue weighted by atomic mass is 35.5. The number of benzene rings is 5. The fourth-order valence-electron chi connectivity index (χ4n) is 6.73. The molecule has 5 aromatic rings. The van der Waals surface area contributed by atoms with Crippen LogP contribution in [0.25, 0.3) is 11.1 Å². The number of piperazine rings is 1. The van der Waals surface area contributed by atoms with E-state index in [1.54, 1.807) is 60.3 Å². The SMILES string of the molecule is CN(C)CCC(CSc1ccccc1)Nc1ccc(S(=O)(=O)NC(=O)c2ccc(N3CCN(Cc4cc(C(=O)O)ccc4-c4ccc(Cl)cc4)CC3)cc2)cc1[N+](=O)[O-]. The molecule has 3 N–H and O–H groups in total. The minimum atomic E-state index is -4.47. The first kappa shape index (κ1) is 43.1. The highest BCUT2D eigenvalue weighted by molar-refractivity contribution is 7.99. The Morgan fingerprint density at radius 2 is 1.58 bits per heavy atom. The molecule has 16 heteroatoms. The van der Waals surface area contributed by atoms with Crippen LogP contribution in [0.3, 0.4) is 0 Å². The summed E-state index contributed by atoms with van der Waals surface area (Å²) in [5.74, 6) is -1.24. The van der Waals surface area contributed by atoms with E-state index in [1.165, 1.54) is 12.1 Å². The first-order valence-corrected chi connectivity index (χ1v) is 21.7. The van der Waals surface area contributed by atoms with Gasteiger partial charge in [0.1, 0.15) is 5.69 Å². The number of nitrogens with one attached hydrogen (secondary N) is 2. The Morgan fingerprint density at radius 3 is 2.22 bits per heavy atom. The van der Waals surface area contributed by atoms with Gasteiger partial charge in [0.25, 0.3) is 21.6 Å². The van der Waals surface area contributed by atoms with Crippen molar-refractivity contribution in [1.82, 2.24) is 14.5 Å². The van der Waals surface area contributed by atoms with Gasteiger partial charge < -0.3 is 20.2 Å². The number of hydrogen-bond acceptors (Lipinski definition) is 11. The molecule has 59 heavy (non-hydrogen) atoms. The van der Waals surface area contributed by atoms with Crippen molar-refractivity contribution >= 4 is 62.3 Å². The molecule has 0 aromatic heterocycles. The maximum atomic E-state index is 13.4. The number of carboxylic acids is 1. The van der Waals surface area contributed by atoms with E-state index in [9.17, 15) is 33.2 Å². The Labute approximate surface area is 353 Å². The molecule has 308 valence electrons. The van der Waals surface area contributed by atoms with Crippen molar-refractivity contribution in [2.45, 2.75) is 28.8 Å². The zero-order valence-electron chi connectivity index (χ0n) is 32.6. The topological polar surface area (TPSA) is 165 Å². The molecule has 0 bridgehead atoms. The van der Waals surface area contributed by atoms with Gasteiger partial charge in [0, 0.05) is 71.8 Å². The van der Waals surface area contributed by atoms with Crippen molar-refractivity contribution < 1.29 is 28.0 Å². The summed E-state index contributed by atoms with van der Waals surface area (Å²) in [4.78, 5) is 43.6. The summed E-state index contributed by atoms with van der Waals surface area (Å²) in [6.07, 6.45) is 0.687. The summed E-state index contributed by atoms with van der Waals surface area (Å²) < 4.78 is 28.8. The van der Waals surface area contributed by atoms with Crippen molar-refractivity contribution in [3.8, 4) is 11.1 Å². The number of anilines is 2. The van der Waals surface area contributed by atoms with E-state index in [1.807, 2.05) is 67.5 Å². The third kappa shape index (κ3) is 11.6. The lowest BCUT2D eigenvalue weighted by molar-refractivity contribution is -0.384. The monoisotopic (exact) mass is 856 g/mol. The van der Waals surface area contributed by atoms with Gasteiger partial charge in [-0.3, -0.25) is 19.8 Å². The van der Waals surface area contributed by atoms with E-state index in [4.69, 9.17) is 11.6 Å². The third-order valence-corrected chi connectivity index (χ3v) is 12.7. The van der Waals surface area contributed by atoms with Crippen LogP contribution in [-0.2, 0) is 16.6 Å². The fraction of sp³-hybridized carbons (Fsp3) is 0.256. The number of nitrogens with zero attached hydrogens (tertiary/aromatic N) is 4. The molecule has 0 spiro atoms. The second kappa shape index (κ2) is 19.5. The number of thioether (sulfide) groups is 1. The second-order valence-electron chi connectivity index (χ2n) is 14.4. The quantitative estimate of drug-likeness (QED) is 0.0478. The van der Waals surface area contributed by atoms with E-state index < -0.39 is 37.4 Å². The van der Waals surface area contributed by atoms with Crippen LogP contribution in [-0.4, -0.2) is 98.7 Å².